The molecule has 20 heavy (non-hydrogen) atoms. The van der Waals surface area contributed by atoms with Gasteiger partial charge in [-0.1, -0.05) is 12.2 Å². The molecule has 0 saturated carbocycles. The van der Waals surface area contributed by atoms with Crippen molar-refractivity contribution in [3.8, 4) is 0 Å². The van der Waals surface area contributed by atoms with E-state index in [1.807, 2.05) is 0 Å². The minimum absolute atomic E-state index is 0.0243. The van der Waals surface area contributed by atoms with Crippen LogP contribution in [-0.2, 0) is 0 Å². The molecule has 0 aliphatic carbocycles. The highest BCUT2D eigenvalue weighted by atomic mass is 79.9. The predicted molar refractivity (Wildman–Crippen MR) is 79.6 cm³/mol. The van der Waals surface area contributed by atoms with E-state index < -0.39 is 17.5 Å². The van der Waals surface area contributed by atoms with E-state index in [1.165, 1.54) is 12.1 Å². The van der Waals surface area contributed by atoms with Gasteiger partial charge in [0.2, 0.25) is 0 Å². The molecule has 104 valence electrons. The van der Waals surface area contributed by atoms with E-state index in [-0.39, 0.29) is 20.8 Å². The van der Waals surface area contributed by atoms with E-state index in [9.17, 15) is 13.2 Å². The zero-order valence-electron chi connectivity index (χ0n) is 9.88. The highest BCUT2D eigenvalue weighted by molar-refractivity contribution is 9.10. The zero-order chi connectivity index (χ0) is 14.9. The average molecular weight is 361 g/mol. The molecule has 0 heterocycles. The highest BCUT2D eigenvalue weighted by Crippen LogP contribution is 2.30. The van der Waals surface area contributed by atoms with Crippen molar-refractivity contribution in [1.29, 1.82) is 0 Å². The van der Waals surface area contributed by atoms with Crippen LogP contribution in [0.3, 0.4) is 0 Å². The molecule has 0 radical (unpaired) electrons. The third kappa shape index (κ3) is 3.10. The number of hydrogen-bond acceptors (Lipinski definition) is 2. The molecule has 3 N–H and O–H groups in total. The molecule has 0 fully saturated rings. The molecule has 0 saturated heterocycles. The first-order valence-corrected chi connectivity index (χ1v) is 6.59. The summed E-state index contributed by atoms with van der Waals surface area (Å²) in [6.45, 7) is 0. The molecule has 0 spiro atoms. The Hall–Kier alpha value is -1.60. The van der Waals surface area contributed by atoms with Crippen molar-refractivity contribution in [2.75, 3.05) is 5.32 Å². The summed E-state index contributed by atoms with van der Waals surface area (Å²) < 4.78 is 40.6. The molecule has 0 amide bonds. The van der Waals surface area contributed by atoms with Crippen LogP contribution in [0.4, 0.5) is 24.5 Å². The van der Waals surface area contributed by atoms with Gasteiger partial charge in [0.05, 0.1) is 11.4 Å². The second-order valence-corrected chi connectivity index (χ2v) is 5.22. The van der Waals surface area contributed by atoms with Gasteiger partial charge in [0.15, 0.2) is 5.82 Å². The normalized spacial score (nSPS) is 10.4. The Morgan fingerprint density at radius 1 is 1.10 bits per heavy atom. The van der Waals surface area contributed by atoms with Crippen LogP contribution in [0.5, 0.6) is 0 Å². The Bertz CT molecular complexity index is 668. The van der Waals surface area contributed by atoms with Crippen molar-refractivity contribution in [2.24, 2.45) is 5.73 Å². The third-order valence-corrected chi connectivity index (χ3v) is 3.38. The van der Waals surface area contributed by atoms with Gasteiger partial charge in [-0.2, -0.15) is 0 Å². The van der Waals surface area contributed by atoms with Crippen LogP contribution in [-0.4, -0.2) is 4.99 Å². The molecule has 7 heteroatoms. The van der Waals surface area contributed by atoms with Gasteiger partial charge in [0.1, 0.15) is 16.6 Å². The van der Waals surface area contributed by atoms with Crippen molar-refractivity contribution < 1.29 is 13.2 Å². The van der Waals surface area contributed by atoms with Gasteiger partial charge in [-0.3, -0.25) is 0 Å². The van der Waals surface area contributed by atoms with Crippen LogP contribution in [0.1, 0.15) is 5.56 Å². The number of benzene rings is 2. The molecule has 0 aliphatic heterocycles. The first-order valence-electron chi connectivity index (χ1n) is 5.39. The summed E-state index contributed by atoms with van der Waals surface area (Å²) in [4.78, 5) is 0.0598. The summed E-state index contributed by atoms with van der Waals surface area (Å²) in [7, 11) is 0. The molecule has 2 rings (SSSR count). The summed E-state index contributed by atoms with van der Waals surface area (Å²) in [5.74, 6) is -2.22. The fourth-order valence-corrected chi connectivity index (χ4v) is 2.20. The van der Waals surface area contributed by atoms with E-state index in [0.717, 1.165) is 12.1 Å². The predicted octanol–water partition coefficient (Wildman–Crippen LogP) is 4.24. The smallest absolute Gasteiger partial charge is 0.150 e. The summed E-state index contributed by atoms with van der Waals surface area (Å²) >= 11 is 7.74. The summed E-state index contributed by atoms with van der Waals surface area (Å²) in [6.07, 6.45) is 0. The Morgan fingerprint density at radius 2 is 1.80 bits per heavy atom. The molecule has 0 bridgehead atoms. The summed E-state index contributed by atoms with van der Waals surface area (Å²) in [6, 6.07) is 5.79. The van der Waals surface area contributed by atoms with Crippen LogP contribution >= 0.6 is 28.1 Å². The number of anilines is 2. The van der Waals surface area contributed by atoms with Gasteiger partial charge in [0.25, 0.3) is 0 Å². The van der Waals surface area contributed by atoms with Crippen molar-refractivity contribution in [3.63, 3.8) is 0 Å². The maximum atomic E-state index is 13.8. The van der Waals surface area contributed by atoms with Crippen LogP contribution in [0, 0.1) is 17.5 Å². The fourth-order valence-electron chi connectivity index (χ4n) is 1.57. The maximum Gasteiger partial charge on any atom is 0.150 e. The van der Waals surface area contributed by atoms with Gasteiger partial charge >= 0.3 is 0 Å². The lowest BCUT2D eigenvalue weighted by Crippen LogP contribution is -2.10. The van der Waals surface area contributed by atoms with Crippen LogP contribution < -0.4 is 11.1 Å². The van der Waals surface area contributed by atoms with Gasteiger partial charge in [-0.05, 0) is 40.2 Å². The molecule has 2 aromatic rings. The van der Waals surface area contributed by atoms with Crippen molar-refractivity contribution in [2.45, 2.75) is 0 Å². The minimum Gasteiger partial charge on any atom is -0.389 e. The monoisotopic (exact) mass is 360 g/mol. The zero-order valence-corrected chi connectivity index (χ0v) is 12.3. The standard InChI is InChI=1S/C13H8BrF3N2S/c14-8-4-7(15)5-10(17)12(8)19-11-2-1-6(13(18)20)3-9(11)16/h1-5,19H,(H2,18,20). The van der Waals surface area contributed by atoms with Gasteiger partial charge in [0, 0.05) is 16.1 Å². The number of nitrogens with two attached hydrogens (primary N) is 1. The second kappa shape index (κ2) is 5.80. The number of hydrogen-bond donors (Lipinski definition) is 2. The van der Waals surface area contributed by atoms with E-state index in [1.54, 1.807) is 0 Å². The molecular weight excluding hydrogens is 353 g/mol. The largest absolute Gasteiger partial charge is 0.389 e. The third-order valence-electron chi connectivity index (χ3n) is 2.52. The Kier molecular flexibility index (Phi) is 4.29. The topological polar surface area (TPSA) is 38.0 Å². The first-order chi connectivity index (χ1) is 9.38. The quantitative estimate of drug-likeness (QED) is 0.803. The van der Waals surface area contributed by atoms with Gasteiger partial charge in [-0.25, -0.2) is 13.2 Å². The number of halogens is 4. The van der Waals surface area contributed by atoms with Crippen LogP contribution in [0.15, 0.2) is 34.8 Å². The molecule has 0 aliphatic rings. The number of nitrogens with one attached hydrogen (secondary N) is 1. The van der Waals surface area contributed by atoms with Gasteiger partial charge in [-0.15, -0.1) is 0 Å². The Morgan fingerprint density at radius 3 is 2.35 bits per heavy atom. The molecule has 0 unspecified atom stereocenters. The molecule has 2 aromatic carbocycles. The van der Waals surface area contributed by atoms with Crippen molar-refractivity contribution in [3.05, 3.63) is 57.8 Å². The van der Waals surface area contributed by atoms with Crippen LogP contribution in [0.2, 0.25) is 0 Å². The maximum absolute atomic E-state index is 13.8. The highest BCUT2D eigenvalue weighted by Gasteiger charge is 2.12. The minimum atomic E-state index is -0.838. The van der Waals surface area contributed by atoms with E-state index >= 15 is 0 Å². The molecular formula is C13H8BrF3N2S. The Labute approximate surface area is 126 Å². The molecule has 2 nitrogen and oxygen atoms in total. The lowest BCUT2D eigenvalue weighted by molar-refractivity contribution is 0.584. The Balaban J connectivity index is 2.38. The lowest BCUT2D eigenvalue weighted by Gasteiger charge is -2.11. The SMILES string of the molecule is NC(=S)c1ccc(Nc2c(F)cc(F)cc2Br)c(F)c1. The summed E-state index contributed by atoms with van der Waals surface area (Å²) in [5.41, 5.74) is 5.71. The molecule has 0 atom stereocenters. The number of rotatable bonds is 3. The van der Waals surface area contributed by atoms with Crippen LogP contribution in [0.25, 0.3) is 0 Å². The molecule has 0 aromatic heterocycles. The average Bonchev–Trinajstić information content (AvgIpc) is 2.34. The van der Waals surface area contributed by atoms with Crippen molar-refractivity contribution in [1.82, 2.24) is 0 Å². The van der Waals surface area contributed by atoms with E-state index in [0.29, 0.717) is 11.6 Å². The van der Waals surface area contributed by atoms with E-state index in [2.05, 4.69) is 21.2 Å². The lowest BCUT2D eigenvalue weighted by atomic mass is 10.2. The fraction of sp³-hybridized carbons (Fsp3) is 0. The second-order valence-electron chi connectivity index (χ2n) is 3.93. The van der Waals surface area contributed by atoms with Crippen molar-refractivity contribution >= 4 is 44.5 Å². The summed E-state index contributed by atoms with van der Waals surface area (Å²) in [5, 5.41) is 2.55. The van der Waals surface area contributed by atoms with Gasteiger partial charge < -0.3 is 11.1 Å². The first kappa shape index (κ1) is 14.8. The van der Waals surface area contributed by atoms with E-state index in [4.69, 9.17) is 18.0 Å². The number of thiocarbonyl (C=S) groups is 1.